The fourth-order valence-electron chi connectivity index (χ4n) is 3.51. The molecule has 184 valence electrons. The highest BCUT2D eigenvalue weighted by Crippen LogP contribution is 2.38. The molecule has 4 rings (SSSR count). The Labute approximate surface area is 202 Å². The molecule has 3 heterocycles. The number of aryl methyl sites for hydroxylation is 1. The van der Waals surface area contributed by atoms with Crippen molar-refractivity contribution in [3.8, 4) is 28.8 Å². The number of pyridine rings is 1. The zero-order chi connectivity index (χ0) is 25.2. The van der Waals surface area contributed by atoms with Gasteiger partial charge in [0.25, 0.3) is 0 Å². The van der Waals surface area contributed by atoms with Gasteiger partial charge in [-0.1, -0.05) is 12.1 Å². The highest BCUT2D eigenvalue weighted by atomic mass is 32.2. The zero-order valence-electron chi connectivity index (χ0n) is 19.5. The molecule has 0 fully saturated rings. The molecule has 3 aromatic heterocycles. The van der Waals surface area contributed by atoms with Crippen LogP contribution in [0.25, 0.3) is 17.3 Å². The average molecular weight is 500 g/mol. The topological polar surface area (TPSA) is 142 Å². The SMILES string of the molecule is COc1cccc(OC)c1-n1c(NS(=O)(=O)[C@@H](C)[C@@H](O)c2ccccn2)nnc1-c1ccc(C)o1. The molecule has 2 atom stereocenters. The van der Waals surface area contributed by atoms with E-state index in [-0.39, 0.29) is 17.5 Å². The first-order chi connectivity index (χ1) is 16.8. The summed E-state index contributed by atoms with van der Waals surface area (Å²) >= 11 is 0. The highest BCUT2D eigenvalue weighted by molar-refractivity contribution is 7.93. The second kappa shape index (κ2) is 9.76. The Balaban J connectivity index is 1.83. The van der Waals surface area contributed by atoms with Gasteiger partial charge in [0.2, 0.25) is 21.8 Å². The Bertz CT molecular complexity index is 1400. The van der Waals surface area contributed by atoms with Crippen molar-refractivity contribution in [1.82, 2.24) is 19.7 Å². The monoisotopic (exact) mass is 499 g/mol. The number of methoxy groups -OCH3 is 2. The van der Waals surface area contributed by atoms with Gasteiger partial charge in [0.15, 0.2) is 5.76 Å². The summed E-state index contributed by atoms with van der Waals surface area (Å²) in [7, 11) is -1.21. The van der Waals surface area contributed by atoms with Crippen molar-refractivity contribution < 1.29 is 27.4 Å². The number of furan rings is 1. The molecule has 12 heteroatoms. The number of aliphatic hydroxyl groups excluding tert-OH is 1. The summed E-state index contributed by atoms with van der Waals surface area (Å²) in [5.41, 5.74) is 0.590. The first-order valence-electron chi connectivity index (χ1n) is 10.6. The summed E-state index contributed by atoms with van der Waals surface area (Å²) in [6, 6.07) is 13.5. The number of rotatable bonds is 9. The molecule has 35 heavy (non-hydrogen) atoms. The number of hydrogen-bond donors (Lipinski definition) is 2. The van der Waals surface area contributed by atoms with Crippen LogP contribution in [0.1, 0.15) is 24.5 Å². The minimum Gasteiger partial charge on any atom is -0.494 e. The smallest absolute Gasteiger partial charge is 0.243 e. The fraction of sp³-hybridized carbons (Fsp3) is 0.261. The van der Waals surface area contributed by atoms with Crippen molar-refractivity contribution >= 4 is 16.0 Å². The van der Waals surface area contributed by atoms with E-state index in [0.717, 1.165) is 0 Å². The van der Waals surface area contributed by atoms with Gasteiger partial charge in [-0.2, -0.15) is 0 Å². The van der Waals surface area contributed by atoms with E-state index in [4.69, 9.17) is 13.9 Å². The number of aliphatic hydroxyl groups is 1. The summed E-state index contributed by atoms with van der Waals surface area (Å²) in [6.45, 7) is 3.15. The number of sulfonamides is 1. The number of hydrogen-bond acceptors (Lipinski definition) is 9. The quantitative estimate of drug-likeness (QED) is 0.355. The number of nitrogens with one attached hydrogen (secondary N) is 1. The maximum atomic E-state index is 13.3. The fourth-order valence-corrected chi connectivity index (χ4v) is 4.56. The highest BCUT2D eigenvalue weighted by Gasteiger charge is 2.33. The van der Waals surface area contributed by atoms with Crippen molar-refractivity contribution in [2.24, 2.45) is 0 Å². The van der Waals surface area contributed by atoms with E-state index in [9.17, 15) is 13.5 Å². The standard InChI is InChI=1S/C23H25N5O6S/c1-14-11-12-19(34-14)22-25-26-23(28(22)20-17(32-3)9-7-10-18(20)33-4)27-35(30,31)15(2)21(29)16-8-5-6-13-24-16/h5-13,15,21,29H,1-4H3,(H,26,27)/t15-,21+/m0/s1. The third-order valence-electron chi connectivity index (χ3n) is 5.41. The maximum Gasteiger partial charge on any atom is 0.243 e. The lowest BCUT2D eigenvalue weighted by atomic mass is 10.2. The molecule has 0 saturated heterocycles. The molecular formula is C23H25N5O6S. The maximum absolute atomic E-state index is 13.3. The molecule has 0 spiro atoms. The molecule has 1 aromatic carbocycles. The van der Waals surface area contributed by atoms with Gasteiger partial charge < -0.3 is 19.0 Å². The number of para-hydroxylation sites is 1. The lowest BCUT2D eigenvalue weighted by molar-refractivity contribution is 0.171. The summed E-state index contributed by atoms with van der Waals surface area (Å²) in [5, 5.41) is 17.7. The normalized spacial score (nSPS) is 13.3. The Morgan fingerprint density at radius 2 is 1.74 bits per heavy atom. The molecule has 0 saturated carbocycles. The minimum absolute atomic E-state index is 0.142. The van der Waals surface area contributed by atoms with E-state index >= 15 is 0 Å². The Morgan fingerprint density at radius 3 is 2.31 bits per heavy atom. The van der Waals surface area contributed by atoms with Crippen LogP contribution in [0.2, 0.25) is 0 Å². The van der Waals surface area contributed by atoms with Crippen molar-refractivity contribution in [2.75, 3.05) is 18.9 Å². The summed E-state index contributed by atoms with van der Waals surface area (Å²) in [4.78, 5) is 4.06. The van der Waals surface area contributed by atoms with Crippen LogP contribution in [0, 0.1) is 6.92 Å². The first-order valence-corrected chi connectivity index (χ1v) is 12.2. The van der Waals surface area contributed by atoms with E-state index in [1.165, 1.54) is 31.9 Å². The van der Waals surface area contributed by atoms with E-state index in [1.54, 1.807) is 55.5 Å². The van der Waals surface area contributed by atoms with Crippen LogP contribution in [0.5, 0.6) is 11.5 Å². The van der Waals surface area contributed by atoms with Crippen LogP contribution in [0.3, 0.4) is 0 Å². The van der Waals surface area contributed by atoms with Gasteiger partial charge in [-0.25, -0.2) is 8.42 Å². The largest absolute Gasteiger partial charge is 0.494 e. The van der Waals surface area contributed by atoms with Gasteiger partial charge in [0, 0.05) is 6.20 Å². The molecule has 11 nitrogen and oxygen atoms in total. The number of nitrogens with zero attached hydrogens (tertiary/aromatic N) is 4. The Kier molecular flexibility index (Phi) is 6.76. The van der Waals surface area contributed by atoms with Gasteiger partial charge in [-0.3, -0.25) is 14.3 Å². The lowest BCUT2D eigenvalue weighted by Gasteiger charge is -2.21. The van der Waals surface area contributed by atoms with Crippen molar-refractivity contribution in [3.05, 3.63) is 66.2 Å². The van der Waals surface area contributed by atoms with Crippen LogP contribution in [0.15, 0.2) is 59.1 Å². The lowest BCUT2D eigenvalue weighted by Crippen LogP contribution is -2.32. The van der Waals surface area contributed by atoms with E-state index in [1.807, 2.05) is 0 Å². The molecular weight excluding hydrogens is 474 g/mol. The average Bonchev–Trinajstić information content (AvgIpc) is 3.48. The van der Waals surface area contributed by atoms with Crippen molar-refractivity contribution in [3.63, 3.8) is 0 Å². The summed E-state index contributed by atoms with van der Waals surface area (Å²) in [5.74, 6) is 1.84. The molecule has 0 aliphatic carbocycles. The van der Waals surface area contributed by atoms with Crippen LogP contribution in [0.4, 0.5) is 5.95 Å². The van der Waals surface area contributed by atoms with E-state index in [0.29, 0.717) is 28.7 Å². The van der Waals surface area contributed by atoms with Crippen molar-refractivity contribution in [2.45, 2.75) is 25.2 Å². The predicted octanol–water partition coefficient (Wildman–Crippen LogP) is 3.11. The molecule has 0 aliphatic heterocycles. The molecule has 0 bridgehead atoms. The van der Waals surface area contributed by atoms with E-state index < -0.39 is 21.4 Å². The van der Waals surface area contributed by atoms with Crippen LogP contribution >= 0.6 is 0 Å². The number of ether oxygens (including phenoxy) is 2. The van der Waals surface area contributed by atoms with E-state index in [2.05, 4.69) is 19.9 Å². The molecule has 0 aliphatic rings. The minimum atomic E-state index is -4.17. The molecule has 0 radical (unpaired) electrons. The number of aromatic nitrogens is 4. The van der Waals surface area contributed by atoms with Crippen LogP contribution < -0.4 is 14.2 Å². The summed E-state index contributed by atoms with van der Waals surface area (Å²) < 4.78 is 47.3. The van der Waals surface area contributed by atoms with Gasteiger partial charge in [0.05, 0.1) is 19.9 Å². The molecule has 4 aromatic rings. The summed E-state index contributed by atoms with van der Waals surface area (Å²) in [6.07, 6.45) is 0.103. The van der Waals surface area contributed by atoms with Crippen molar-refractivity contribution in [1.29, 1.82) is 0 Å². The second-order valence-electron chi connectivity index (χ2n) is 7.66. The second-order valence-corrected chi connectivity index (χ2v) is 9.69. The van der Waals surface area contributed by atoms with Gasteiger partial charge in [-0.15, -0.1) is 10.2 Å². The third-order valence-corrected chi connectivity index (χ3v) is 7.11. The third kappa shape index (κ3) is 4.70. The Morgan fingerprint density at radius 1 is 1.03 bits per heavy atom. The molecule has 2 N–H and O–H groups in total. The van der Waals surface area contributed by atoms with Gasteiger partial charge >= 0.3 is 0 Å². The zero-order valence-corrected chi connectivity index (χ0v) is 20.4. The van der Waals surface area contributed by atoms with Gasteiger partial charge in [-0.05, 0) is 50.2 Å². The van der Waals surface area contributed by atoms with Crippen LogP contribution in [-0.4, -0.2) is 52.7 Å². The molecule has 0 unspecified atom stereocenters. The predicted molar refractivity (Wildman–Crippen MR) is 128 cm³/mol. The van der Waals surface area contributed by atoms with Gasteiger partial charge in [0.1, 0.15) is 34.3 Å². The number of anilines is 1. The first kappa shape index (κ1) is 24.2. The Hall–Kier alpha value is -3.90. The molecule has 0 amide bonds. The number of benzene rings is 1. The van der Waals surface area contributed by atoms with Crippen LogP contribution in [-0.2, 0) is 10.0 Å².